The molecule has 2 rings (SSSR count). The van der Waals surface area contributed by atoms with Crippen LogP contribution in [0.25, 0.3) is 0 Å². The molecule has 0 aliphatic heterocycles. The third kappa shape index (κ3) is 5.58. The van der Waals surface area contributed by atoms with Crippen molar-refractivity contribution in [3.05, 3.63) is 71.8 Å². The SMILES string of the molecule is COc1cccc(CNCC[C](N)Cc2ccccc2)c1. The van der Waals surface area contributed by atoms with Crippen LogP contribution < -0.4 is 15.8 Å². The Balaban J connectivity index is 1.67. The van der Waals surface area contributed by atoms with Gasteiger partial charge in [-0.05, 0) is 42.6 Å². The van der Waals surface area contributed by atoms with Crippen LogP contribution in [0.2, 0.25) is 0 Å². The van der Waals surface area contributed by atoms with E-state index >= 15 is 0 Å². The van der Waals surface area contributed by atoms with Gasteiger partial charge in [0.1, 0.15) is 5.75 Å². The zero-order valence-corrected chi connectivity index (χ0v) is 12.5. The lowest BCUT2D eigenvalue weighted by Crippen LogP contribution is -2.22. The molecule has 1 radical (unpaired) electrons. The number of benzene rings is 2. The van der Waals surface area contributed by atoms with Gasteiger partial charge in [-0.3, -0.25) is 0 Å². The molecule has 0 aromatic heterocycles. The van der Waals surface area contributed by atoms with Crippen LogP contribution in [0.15, 0.2) is 54.6 Å². The standard InChI is InChI=1S/C18H23N2O/c1-21-18-9-5-8-16(13-18)14-20-11-10-17(19)12-15-6-3-2-4-7-15/h2-9,13,20H,10-12,14,19H2,1H3. The molecular formula is C18H23N2O. The number of ether oxygens (including phenoxy) is 1. The number of methoxy groups -OCH3 is 1. The summed E-state index contributed by atoms with van der Waals surface area (Å²) in [5.41, 5.74) is 8.57. The molecule has 3 N–H and O–H groups in total. The second-order valence-electron chi connectivity index (χ2n) is 5.10. The Morgan fingerprint density at radius 1 is 1.05 bits per heavy atom. The lowest BCUT2D eigenvalue weighted by molar-refractivity contribution is 0.414. The molecular weight excluding hydrogens is 260 g/mol. The fourth-order valence-electron chi connectivity index (χ4n) is 2.21. The van der Waals surface area contributed by atoms with Gasteiger partial charge in [0.15, 0.2) is 0 Å². The summed E-state index contributed by atoms with van der Waals surface area (Å²) >= 11 is 0. The Hall–Kier alpha value is -1.84. The highest BCUT2D eigenvalue weighted by Gasteiger charge is 2.04. The van der Waals surface area contributed by atoms with Crippen molar-refractivity contribution in [1.29, 1.82) is 0 Å². The molecule has 0 bridgehead atoms. The number of hydrogen-bond donors (Lipinski definition) is 2. The summed E-state index contributed by atoms with van der Waals surface area (Å²) < 4.78 is 5.21. The van der Waals surface area contributed by atoms with Gasteiger partial charge in [0.05, 0.1) is 7.11 Å². The maximum absolute atomic E-state index is 6.09. The predicted octanol–water partition coefficient (Wildman–Crippen LogP) is 2.91. The van der Waals surface area contributed by atoms with E-state index in [-0.39, 0.29) is 0 Å². The molecule has 0 saturated carbocycles. The zero-order chi connectivity index (χ0) is 14.9. The van der Waals surface area contributed by atoms with Crippen LogP contribution in [-0.4, -0.2) is 13.7 Å². The maximum atomic E-state index is 6.09. The Bertz CT molecular complexity index is 528. The maximum Gasteiger partial charge on any atom is 0.119 e. The smallest absolute Gasteiger partial charge is 0.119 e. The first-order valence-electron chi connectivity index (χ1n) is 7.25. The summed E-state index contributed by atoms with van der Waals surface area (Å²) in [6, 6.07) is 19.4. The van der Waals surface area contributed by atoms with Crippen LogP contribution in [0.5, 0.6) is 5.75 Å². The summed E-state index contributed by atoms with van der Waals surface area (Å²) in [4.78, 5) is 0. The number of hydrogen-bond acceptors (Lipinski definition) is 3. The summed E-state index contributed by atoms with van der Waals surface area (Å²) in [5, 5.41) is 3.41. The van der Waals surface area contributed by atoms with Crippen molar-refractivity contribution < 1.29 is 4.74 Å². The van der Waals surface area contributed by atoms with E-state index in [0.717, 1.165) is 37.7 Å². The van der Waals surface area contributed by atoms with Gasteiger partial charge in [-0.2, -0.15) is 0 Å². The molecule has 0 atom stereocenters. The highest BCUT2D eigenvalue weighted by molar-refractivity contribution is 5.28. The molecule has 0 fully saturated rings. The molecule has 0 unspecified atom stereocenters. The van der Waals surface area contributed by atoms with Crippen molar-refractivity contribution in [3.63, 3.8) is 0 Å². The molecule has 3 heteroatoms. The monoisotopic (exact) mass is 283 g/mol. The van der Waals surface area contributed by atoms with Crippen molar-refractivity contribution in [2.75, 3.05) is 13.7 Å². The highest BCUT2D eigenvalue weighted by Crippen LogP contribution is 2.12. The Labute approximate surface area is 127 Å². The van der Waals surface area contributed by atoms with Crippen LogP contribution in [0.1, 0.15) is 17.5 Å². The normalized spacial score (nSPS) is 10.8. The van der Waals surface area contributed by atoms with E-state index in [4.69, 9.17) is 10.5 Å². The summed E-state index contributed by atoms with van der Waals surface area (Å²) in [6.07, 6.45) is 1.74. The number of nitrogens with two attached hydrogens (primary N) is 1. The third-order valence-electron chi connectivity index (χ3n) is 3.36. The fraction of sp³-hybridized carbons (Fsp3) is 0.278. The molecule has 2 aromatic carbocycles. The molecule has 2 aromatic rings. The first-order valence-corrected chi connectivity index (χ1v) is 7.25. The second-order valence-corrected chi connectivity index (χ2v) is 5.10. The molecule has 0 saturated heterocycles. The molecule has 21 heavy (non-hydrogen) atoms. The average Bonchev–Trinajstić information content (AvgIpc) is 2.53. The van der Waals surface area contributed by atoms with Crippen LogP contribution >= 0.6 is 0 Å². The molecule has 0 heterocycles. The van der Waals surface area contributed by atoms with Gasteiger partial charge in [0.2, 0.25) is 0 Å². The quantitative estimate of drug-likeness (QED) is 0.732. The van der Waals surface area contributed by atoms with Gasteiger partial charge < -0.3 is 15.8 Å². The van der Waals surface area contributed by atoms with Crippen LogP contribution in [-0.2, 0) is 13.0 Å². The summed E-state index contributed by atoms with van der Waals surface area (Å²) in [5.74, 6) is 0.893. The molecule has 3 nitrogen and oxygen atoms in total. The van der Waals surface area contributed by atoms with E-state index < -0.39 is 0 Å². The Morgan fingerprint density at radius 2 is 1.81 bits per heavy atom. The predicted molar refractivity (Wildman–Crippen MR) is 86.9 cm³/mol. The number of nitrogens with one attached hydrogen (secondary N) is 1. The van der Waals surface area contributed by atoms with E-state index in [1.54, 1.807) is 7.11 Å². The van der Waals surface area contributed by atoms with Gasteiger partial charge in [0, 0.05) is 12.6 Å². The van der Waals surface area contributed by atoms with Gasteiger partial charge in [0.25, 0.3) is 0 Å². The minimum Gasteiger partial charge on any atom is -0.497 e. The number of rotatable bonds is 8. The van der Waals surface area contributed by atoms with Crippen LogP contribution in [0.4, 0.5) is 0 Å². The molecule has 0 spiro atoms. The molecule has 0 aliphatic rings. The van der Waals surface area contributed by atoms with Crippen molar-refractivity contribution in [3.8, 4) is 5.75 Å². The molecule has 111 valence electrons. The summed E-state index contributed by atoms with van der Waals surface area (Å²) in [6.45, 7) is 1.71. The largest absolute Gasteiger partial charge is 0.497 e. The van der Waals surface area contributed by atoms with Crippen molar-refractivity contribution in [1.82, 2.24) is 5.32 Å². The van der Waals surface area contributed by atoms with E-state index in [9.17, 15) is 0 Å². The van der Waals surface area contributed by atoms with E-state index in [2.05, 4.69) is 23.5 Å². The lowest BCUT2D eigenvalue weighted by atomic mass is 10.0. The molecule has 0 aliphatic carbocycles. The zero-order valence-electron chi connectivity index (χ0n) is 12.5. The first-order chi connectivity index (χ1) is 10.3. The minimum atomic E-state index is 0.829. The van der Waals surface area contributed by atoms with Crippen molar-refractivity contribution in [2.24, 2.45) is 5.73 Å². The average molecular weight is 283 g/mol. The minimum absolute atomic E-state index is 0.829. The van der Waals surface area contributed by atoms with Crippen LogP contribution in [0, 0.1) is 6.04 Å². The van der Waals surface area contributed by atoms with E-state index in [1.165, 1.54) is 11.1 Å². The first kappa shape index (κ1) is 15.5. The van der Waals surface area contributed by atoms with Crippen LogP contribution in [0.3, 0.4) is 0 Å². The van der Waals surface area contributed by atoms with Gasteiger partial charge in [-0.1, -0.05) is 42.5 Å². The topological polar surface area (TPSA) is 47.3 Å². The lowest BCUT2D eigenvalue weighted by Gasteiger charge is -2.12. The van der Waals surface area contributed by atoms with Crippen molar-refractivity contribution >= 4 is 0 Å². The highest BCUT2D eigenvalue weighted by atomic mass is 16.5. The molecule has 0 amide bonds. The van der Waals surface area contributed by atoms with Gasteiger partial charge in [-0.25, -0.2) is 0 Å². The van der Waals surface area contributed by atoms with Gasteiger partial charge in [-0.15, -0.1) is 0 Å². The van der Waals surface area contributed by atoms with Crippen molar-refractivity contribution in [2.45, 2.75) is 19.4 Å². The second kappa shape index (κ2) is 8.45. The van der Waals surface area contributed by atoms with E-state index in [1.807, 2.05) is 36.4 Å². The Morgan fingerprint density at radius 3 is 2.57 bits per heavy atom. The van der Waals surface area contributed by atoms with Gasteiger partial charge >= 0.3 is 0 Å². The fourth-order valence-corrected chi connectivity index (χ4v) is 2.21. The Kier molecular flexibility index (Phi) is 6.25. The van der Waals surface area contributed by atoms with E-state index in [0.29, 0.717) is 0 Å². The summed E-state index contributed by atoms with van der Waals surface area (Å²) in [7, 11) is 1.69. The third-order valence-corrected chi connectivity index (χ3v) is 3.36.